The van der Waals surface area contributed by atoms with Gasteiger partial charge in [-0.15, -0.1) is 10.2 Å². The number of likely N-dealkylation sites (tertiary alicyclic amines) is 1. The SMILES string of the molecule is C[C@H]1CCCCN1C(=O)CSc1nnc(-c2cccnc2)o1. The number of amides is 1. The van der Waals surface area contributed by atoms with Gasteiger partial charge in [0.2, 0.25) is 11.8 Å². The van der Waals surface area contributed by atoms with Gasteiger partial charge in [-0.3, -0.25) is 9.78 Å². The molecule has 7 heteroatoms. The van der Waals surface area contributed by atoms with Crippen LogP contribution in [-0.2, 0) is 4.79 Å². The van der Waals surface area contributed by atoms with E-state index < -0.39 is 0 Å². The number of pyridine rings is 1. The van der Waals surface area contributed by atoms with E-state index in [1.165, 1.54) is 18.2 Å². The van der Waals surface area contributed by atoms with Crippen LogP contribution in [0.1, 0.15) is 26.2 Å². The summed E-state index contributed by atoms with van der Waals surface area (Å²) in [6.45, 7) is 2.96. The maximum atomic E-state index is 12.3. The third-order valence-electron chi connectivity index (χ3n) is 3.76. The number of rotatable bonds is 4. The van der Waals surface area contributed by atoms with E-state index in [0.717, 1.165) is 24.9 Å². The molecule has 1 saturated heterocycles. The lowest BCUT2D eigenvalue weighted by Gasteiger charge is -2.33. The lowest BCUT2D eigenvalue weighted by Crippen LogP contribution is -2.42. The fourth-order valence-electron chi connectivity index (χ4n) is 2.55. The van der Waals surface area contributed by atoms with Crippen molar-refractivity contribution in [3.8, 4) is 11.5 Å². The third-order valence-corrected chi connectivity index (χ3v) is 4.56. The van der Waals surface area contributed by atoms with Gasteiger partial charge in [-0.05, 0) is 38.3 Å². The Labute approximate surface area is 133 Å². The van der Waals surface area contributed by atoms with Crippen molar-refractivity contribution in [1.29, 1.82) is 0 Å². The summed E-state index contributed by atoms with van der Waals surface area (Å²) in [5.41, 5.74) is 0.776. The van der Waals surface area contributed by atoms with Gasteiger partial charge in [0, 0.05) is 25.0 Å². The molecule has 0 saturated carbocycles. The zero-order chi connectivity index (χ0) is 15.4. The lowest BCUT2D eigenvalue weighted by molar-refractivity contribution is -0.131. The molecule has 1 fully saturated rings. The average Bonchev–Trinajstić information content (AvgIpc) is 3.03. The van der Waals surface area contributed by atoms with Crippen molar-refractivity contribution < 1.29 is 9.21 Å². The first kappa shape index (κ1) is 15.0. The van der Waals surface area contributed by atoms with Crippen LogP contribution in [0.5, 0.6) is 0 Å². The molecule has 3 rings (SSSR count). The largest absolute Gasteiger partial charge is 0.411 e. The maximum absolute atomic E-state index is 12.3. The van der Waals surface area contributed by atoms with Crippen molar-refractivity contribution in [3.05, 3.63) is 24.5 Å². The predicted octanol–water partition coefficient (Wildman–Crippen LogP) is 2.62. The molecule has 0 aliphatic carbocycles. The number of carbonyl (C=O) groups excluding carboxylic acids is 1. The van der Waals surface area contributed by atoms with E-state index >= 15 is 0 Å². The first-order valence-electron chi connectivity index (χ1n) is 7.40. The Morgan fingerprint density at radius 2 is 2.36 bits per heavy atom. The quantitative estimate of drug-likeness (QED) is 0.807. The van der Waals surface area contributed by atoms with Gasteiger partial charge in [0.05, 0.1) is 11.3 Å². The molecule has 0 unspecified atom stereocenters. The maximum Gasteiger partial charge on any atom is 0.277 e. The van der Waals surface area contributed by atoms with Gasteiger partial charge in [-0.2, -0.15) is 0 Å². The molecule has 1 atom stereocenters. The molecule has 3 heterocycles. The van der Waals surface area contributed by atoms with Crippen molar-refractivity contribution >= 4 is 17.7 Å². The van der Waals surface area contributed by atoms with Crippen molar-refractivity contribution in [3.63, 3.8) is 0 Å². The van der Waals surface area contributed by atoms with Crippen LogP contribution in [0.4, 0.5) is 0 Å². The zero-order valence-electron chi connectivity index (χ0n) is 12.4. The van der Waals surface area contributed by atoms with Gasteiger partial charge >= 0.3 is 0 Å². The molecular weight excluding hydrogens is 300 g/mol. The summed E-state index contributed by atoms with van der Waals surface area (Å²) in [5.74, 6) is 0.895. The van der Waals surface area contributed by atoms with Crippen LogP contribution >= 0.6 is 11.8 Å². The summed E-state index contributed by atoms with van der Waals surface area (Å²) < 4.78 is 5.56. The zero-order valence-corrected chi connectivity index (χ0v) is 13.3. The highest BCUT2D eigenvalue weighted by atomic mass is 32.2. The number of hydrogen-bond acceptors (Lipinski definition) is 6. The average molecular weight is 318 g/mol. The van der Waals surface area contributed by atoms with Crippen LogP contribution in [0.25, 0.3) is 11.5 Å². The van der Waals surface area contributed by atoms with E-state index in [0.29, 0.717) is 22.9 Å². The molecular formula is C15H18N4O2S. The number of thioether (sulfide) groups is 1. The molecule has 2 aromatic rings. The van der Waals surface area contributed by atoms with Crippen LogP contribution in [0, 0.1) is 0 Å². The van der Waals surface area contributed by atoms with Crippen molar-refractivity contribution in [2.45, 2.75) is 37.5 Å². The summed E-state index contributed by atoms with van der Waals surface area (Å²) in [6, 6.07) is 4.00. The molecule has 1 aliphatic rings. The van der Waals surface area contributed by atoms with E-state index in [1.54, 1.807) is 12.4 Å². The normalized spacial score (nSPS) is 18.4. The Kier molecular flexibility index (Phi) is 4.72. The summed E-state index contributed by atoms with van der Waals surface area (Å²) in [6.07, 6.45) is 6.74. The van der Waals surface area contributed by atoms with E-state index in [2.05, 4.69) is 22.1 Å². The van der Waals surface area contributed by atoms with E-state index in [1.807, 2.05) is 17.0 Å². The highest BCUT2D eigenvalue weighted by Crippen LogP contribution is 2.24. The van der Waals surface area contributed by atoms with Crippen molar-refractivity contribution in [2.75, 3.05) is 12.3 Å². The second-order valence-electron chi connectivity index (χ2n) is 5.34. The summed E-state index contributed by atoms with van der Waals surface area (Å²) >= 11 is 1.29. The van der Waals surface area contributed by atoms with Gasteiger partial charge in [-0.1, -0.05) is 11.8 Å². The monoisotopic (exact) mass is 318 g/mol. The Morgan fingerprint density at radius 1 is 1.45 bits per heavy atom. The Balaban J connectivity index is 1.58. The molecule has 1 aliphatic heterocycles. The first-order valence-corrected chi connectivity index (χ1v) is 8.39. The van der Waals surface area contributed by atoms with Crippen LogP contribution in [0.2, 0.25) is 0 Å². The highest BCUT2D eigenvalue weighted by Gasteiger charge is 2.23. The Morgan fingerprint density at radius 3 is 3.14 bits per heavy atom. The van der Waals surface area contributed by atoms with Crippen LogP contribution in [-0.4, -0.2) is 44.3 Å². The fourth-order valence-corrected chi connectivity index (χ4v) is 3.20. The molecule has 22 heavy (non-hydrogen) atoms. The minimum absolute atomic E-state index is 0.137. The Hall–Kier alpha value is -1.89. The number of piperidine rings is 1. The second kappa shape index (κ2) is 6.91. The first-order chi connectivity index (χ1) is 10.7. The van der Waals surface area contributed by atoms with Gasteiger partial charge < -0.3 is 9.32 Å². The Bertz CT molecular complexity index is 631. The number of carbonyl (C=O) groups is 1. The number of hydrogen-bond donors (Lipinski definition) is 0. The summed E-state index contributed by atoms with van der Waals surface area (Å²) in [4.78, 5) is 18.2. The van der Waals surface area contributed by atoms with Gasteiger partial charge in [0.1, 0.15) is 0 Å². The van der Waals surface area contributed by atoms with Crippen LogP contribution in [0.15, 0.2) is 34.2 Å². The number of nitrogens with zero attached hydrogens (tertiary/aromatic N) is 4. The van der Waals surface area contributed by atoms with Crippen LogP contribution in [0.3, 0.4) is 0 Å². The fraction of sp³-hybridized carbons (Fsp3) is 0.467. The van der Waals surface area contributed by atoms with Crippen LogP contribution < -0.4 is 0 Å². The molecule has 0 bridgehead atoms. The van der Waals surface area contributed by atoms with E-state index in [-0.39, 0.29) is 5.91 Å². The molecule has 0 aromatic carbocycles. The van der Waals surface area contributed by atoms with Crippen molar-refractivity contribution in [2.24, 2.45) is 0 Å². The topological polar surface area (TPSA) is 72.1 Å². The van der Waals surface area contributed by atoms with E-state index in [9.17, 15) is 4.79 Å². The summed E-state index contributed by atoms with van der Waals surface area (Å²) in [7, 11) is 0. The smallest absolute Gasteiger partial charge is 0.277 e. The molecule has 116 valence electrons. The molecule has 6 nitrogen and oxygen atoms in total. The molecule has 0 spiro atoms. The minimum Gasteiger partial charge on any atom is -0.411 e. The van der Waals surface area contributed by atoms with Gasteiger partial charge in [0.25, 0.3) is 5.22 Å². The molecule has 0 radical (unpaired) electrons. The standard InChI is InChI=1S/C15H18N4O2S/c1-11-5-2-3-8-19(11)13(20)10-22-15-18-17-14(21-15)12-6-4-7-16-9-12/h4,6-7,9,11H,2-3,5,8,10H2,1H3/t11-/m0/s1. The number of aromatic nitrogens is 3. The molecule has 1 amide bonds. The molecule has 0 N–H and O–H groups in total. The van der Waals surface area contributed by atoms with Gasteiger partial charge in [0.15, 0.2) is 0 Å². The van der Waals surface area contributed by atoms with Crippen molar-refractivity contribution in [1.82, 2.24) is 20.1 Å². The summed E-state index contributed by atoms with van der Waals surface area (Å²) in [5, 5.41) is 8.38. The highest BCUT2D eigenvalue weighted by molar-refractivity contribution is 7.99. The predicted molar refractivity (Wildman–Crippen MR) is 83.3 cm³/mol. The molecule has 2 aromatic heterocycles. The second-order valence-corrected chi connectivity index (χ2v) is 6.26. The van der Waals surface area contributed by atoms with Gasteiger partial charge in [-0.25, -0.2) is 0 Å². The minimum atomic E-state index is 0.137. The lowest BCUT2D eigenvalue weighted by atomic mass is 10.0. The third kappa shape index (κ3) is 3.47. The van der Waals surface area contributed by atoms with E-state index in [4.69, 9.17) is 4.42 Å².